The molecule has 47 heavy (non-hydrogen) atoms. The molecule has 0 aliphatic rings. The van der Waals surface area contributed by atoms with Crippen molar-refractivity contribution in [1.82, 2.24) is 15.2 Å². The Labute approximate surface area is 266 Å². The summed E-state index contributed by atoms with van der Waals surface area (Å²) in [5.41, 5.74) is 3.56. The second-order valence-electron chi connectivity index (χ2n) is 9.45. The third-order valence-electron chi connectivity index (χ3n) is 6.16. The summed E-state index contributed by atoms with van der Waals surface area (Å²) in [6, 6.07) is 17.2. The van der Waals surface area contributed by atoms with Crippen LogP contribution >= 0.6 is 0 Å². The molecule has 0 spiro atoms. The Hall–Kier alpha value is -6.37. The molecular formula is C35H22F6N6. The van der Waals surface area contributed by atoms with E-state index in [9.17, 15) is 26.3 Å². The zero-order chi connectivity index (χ0) is 34.2. The fraction of sp³-hybridized carbons (Fsp3) is 0.114. The lowest BCUT2D eigenvalue weighted by Gasteiger charge is -2.26. The molecule has 0 fully saturated rings. The monoisotopic (exact) mass is 640 g/mol. The number of pyridine rings is 1. The van der Waals surface area contributed by atoms with Crippen molar-refractivity contribution in [2.45, 2.75) is 26.2 Å². The maximum absolute atomic E-state index is 13.4. The van der Waals surface area contributed by atoms with Gasteiger partial charge in [-0.25, -0.2) is 4.98 Å². The van der Waals surface area contributed by atoms with Gasteiger partial charge in [-0.3, -0.25) is 10.5 Å². The quantitative estimate of drug-likeness (QED) is 0.116. The summed E-state index contributed by atoms with van der Waals surface area (Å²) in [6.07, 6.45) is -9.30. The van der Waals surface area contributed by atoms with Crippen molar-refractivity contribution in [2.24, 2.45) is 5.73 Å². The summed E-state index contributed by atoms with van der Waals surface area (Å²) in [5.74, 6) is 21.9. The molecule has 234 valence electrons. The van der Waals surface area contributed by atoms with E-state index in [1.54, 1.807) is 67.3 Å². The first-order chi connectivity index (χ1) is 22.3. The average Bonchev–Trinajstić information content (AvgIpc) is 3.54. The number of aromatic nitrogens is 3. The summed E-state index contributed by atoms with van der Waals surface area (Å²) >= 11 is 0. The van der Waals surface area contributed by atoms with E-state index in [2.05, 4.69) is 57.4 Å². The van der Waals surface area contributed by atoms with E-state index in [1.165, 1.54) is 12.1 Å². The van der Waals surface area contributed by atoms with Crippen LogP contribution in [0.4, 0.5) is 43.4 Å². The molecule has 0 unspecified atom stereocenters. The van der Waals surface area contributed by atoms with Crippen LogP contribution in [-0.4, -0.2) is 27.1 Å². The number of aromatic amines is 1. The maximum atomic E-state index is 13.4. The fourth-order valence-electron chi connectivity index (χ4n) is 3.99. The van der Waals surface area contributed by atoms with Crippen molar-refractivity contribution >= 4 is 22.8 Å². The molecule has 12 heteroatoms. The molecule has 6 nitrogen and oxygen atoms in total. The highest BCUT2D eigenvalue weighted by Crippen LogP contribution is 2.38. The van der Waals surface area contributed by atoms with Gasteiger partial charge >= 0.3 is 12.4 Å². The van der Waals surface area contributed by atoms with Crippen LogP contribution in [0.2, 0.25) is 0 Å². The molecule has 0 aliphatic carbocycles. The van der Waals surface area contributed by atoms with Gasteiger partial charge in [-0.1, -0.05) is 23.7 Å². The molecule has 2 aromatic carbocycles. The number of alkyl halides is 6. The Morgan fingerprint density at radius 3 is 1.74 bits per heavy atom. The predicted molar refractivity (Wildman–Crippen MR) is 167 cm³/mol. The van der Waals surface area contributed by atoms with E-state index in [4.69, 9.17) is 11.1 Å². The zero-order valence-electron chi connectivity index (χ0n) is 24.6. The Balaban J connectivity index is 1.95. The molecule has 0 bridgehead atoms. The summed E-state index contributed by atoms with van der Waals surface area (Å²) in [6.45, 7) is 3.31. The van der Waals surface area contributed by atoms with E-state index in [-0.39, 0.29) is 22.8 Å². The summed E-state index contributed by atoms with van der Waals surface area (Å²) in [5, 5.41) is 14.0. The minimum absolute atomic E-state index is 0.153. The topological polar surface area (TPSA) is 94.7 Å². The number of hydrogen-bond donors (Lipinski definition) is 3. The number of halogens is 6. The number of benzene rings is 2. The SMILES string of the molecule is CC#CC#Cc1ccc(N(c2ccc(C#CC#CC)cc2)c2cc(C(=N)C=C(N)C(F)(F)F)nc(-c3cc(C(F)(F)F)[nH]n3)c2)cc1. The molecular weight excluding hydrogens is 618 g/mol. The number of nitrogens with two attached hydrogens (primary N) is 1. The fourth-order valence-corrected chi connectivity index (χ4v) is 3.99. The minimum Gasteiger partial charge on any atom is -0.395 e. The molecule has 0 atom stereocenters. The number of hydrogen-bond acceptors (Lipinski definition) is 5. The van der Waals surface area contributed by atoms with Gasteiger partial charge in [0.25, 0.3) is 0 Å². The largest absolute Gasteiger partial charge is 0.432 e. The van der Waals surface area contributed by atoms with Crippen LogP contribution in [0.15, 0.2) is 78.5 Å². The van der Waals surface area contributed by atoms with Gasteiger partial charge in [0.05, 0.1) is 22.8 Å². The van der Waals surface area contributed by atoms with Crippen molar-refractivity contribution in [3.05, 3.63) is 101 Å². The van der Waals surface area contributed by atoms with Gasteiger partial charge in [-0.2, -0.15) is 31.4 Å². The Bertz CT molecular complexity index is 1990. The summed E-state index contributed by atoms with van der Waals surface area (Å²) in [7, 11) is 0. The summed E-state index contributed by atoms with van der Waals surface area (Å²) in [4.78, 5) is 5.85. The van der Waals surface area contributed by atoms with E-state index >= 15 is 0 Å². The molecule has 2 heterocycles. The van der Waals surface area contributed by atoms with Gasteiger partial charge < -0.3 is 10.6 Å². The average molecular weight is 641 g/mol. The van der Waals surface area contributed by atoms with Crippen LogP contribution < -0.4 is 10.6 Å². The molecule has 0 radical (unpaired) electrons. The van der Waals surface area contributed by atoms with Crippen molar-refractivity contribution in [2.75, 3.05) is 4.90 Å². The third-order valence-corrected chi connectivity index (χ3v) is 6.16. The zero-order valence-corrected chi connectivity index (χ0v) is 24.6. The van der Waals surface area contributed by atoms with Crippen molar-refractivity contribution in [3.8, 4) is 58.8 Å². The van der Waals surface area contributed by atoms with E-state index in [1.807, 2.05) is 5.10 Å². The van der Waals surface area contributed by atoms with Crippen LogP contribution in [0.25, 0.3) is 11.4 Å². The molecule has 0 saturated heterocycles. The van der Waals surface area contributed by atoms with Gasteiger partial charge in [0, 0.05) is 22.5 Å². The standard InChI is InChI=1S/C35H22F6N6/c1-3-5-7-9-23-11-15-25(16-12-23)47(26-17-13-24(14-18-26)10-8-6-4-2)27-19-29(28(42)21-32(43)34(36,37)38)44-30(20-27)31-22-33(46-45-31)35(39,40)41/h11-22,42H,43H2,1-2H3,(H,45,46). The van der Waals surface area contributed by atoms with Gasteiger partial charge in [0.2, 0.25) is 0 Å². The first-order valence-corrected chi connectivity index (χ1v) is 13.4. The van der Waals surface area contributed by atoms with E-state index < -0.39 is 29.5 Å². The maximum Gasteiger partial charge on any atom is 0.432 e. The Morgan fingerprint density at radius 2 is 1.30 bits per heavy atom. The van der Waals surface area contributed by atoms with Crippen LogP contribution in [-0.2, 0) is 6.18 Å². The minimum atomic E-state index is -4.93. The first kappa shape index (κ1) is 33.5. The molecule has 0 aliphatic heterocycles. The number of nitrogens with one attached hydrogen (secondary N) is 2. The number of allylic oxidation sites excluding steroid dienone is 2. The lowest BCUT2D eigenvalue weighted by Crippen LogP contribution is -2.21. The lowest BCUT2D eigenvalue weighted by molar-refractivity contribution is -0.141. The normalized spacial score (nSPS) is 11.0. The van der Waals surface area contributed by atoms with Crippen LogP contribution in [0.1, 0.15) is 36.4 Å². The third kappa shape index (κ3) is 8.63. The molecule has 0 amide bonds. The number of nitrogens with zero attached hydrogens (tertiary/aromatic N) is 3. The smallest absolute Gasteiger partial charge is 0.395 e. The number of anilines is 3. The highest BCUT2D eigenvalue weighted by atomic mass is 19.4. The Kier molecular flexibility index (Phi) is 10.1. The van der Waals surface area contributed by atoms with Gasteiger partial charge in [0.15, 0.2) is 0 Å². The lowest BCUT2D eigenvalue weighted by atomic mass is 10.1. The van der Waals surface area contributed by atoms with E-state index in [0.29, 0.717) is 34.6 Å². The Morgan fingerprint density at radius 1 is 0.766 bits per heavy atom. The summed E-state index contributed by atoms with van der Waals surface area (Å²) < 4.78 is 79.8. The highest BCUT2D eigenvalue weighted by molar-refractivity contribution is 6.06. The van der Waals surface area contributed by atoms with Crippen molar-refractivity contribution in [3.63, 3.8) is 0 Å². The molecule has 4 aromatic rings. The highest BCUT2D eigenvalue weighted by Gasteiger charge is 2.34. The molecule has 4 rings (SSSR count). The van der Waals surface area contributed by atoms with E-state index in [0.717, 1.165) is 0 Å². The predicted octanol–water partition coefficient (Wildman–Crippen LogP) is 7.48. The van der Waals surface area contributed by atoms with Crippen LogP contribution in [0.5, 0.6) is 0 Å². The first-order valence-electron chi connectivity index (χ1n) is 13.4. The van der Waals surface area contributed by atoms with Crippen LogP contribution in [0, 0.1) is 52.8 Å². The van der Waals surface area contributed by atoms with Crippen LogP contribution in [0.3, 0.4) is 0 Å². The van der Waals surface area contributed by atoms with Gasteiger partial charge in [-0.05, 0) is 110 Å². The number of rotatable bonds is 6. The number of H-pyrrole nitrogens is 1. The second kappa shape index (κ2) is 14.2. The molecule has 4 N–H and O–H groups in total. The van der Waals surface area contributed by atoms with Gasteiger partial charge in [0.1, 0.15) is 17.1 Å². The second-order valence-corrected chi connectivity index (χ2v) is 9.45. The van der Waals surface area contributed by atoms with Crippen molar-refractivity contribution < 1.29 is 26.3 Å². The molecule has 0 saturated carbocycles. The molecule has 2 aromatic heterocycles. The van der Waals surface area contributed by atoms with Gasteiger partial charge in [-0.15, -0.1) is 0 Å². The van der Waals surface area contributed by atoms with Crippen molar-refractivity contribution in [1.29, 1.82) is 5.41 Å².